The molecule has 2 aromatic heterocycles. The van der Waals surface area contributed by atoms with Gasteiger partial charge in [0, 0.05) is 44.1 Å². The van der Waals surface area contributed by atoms with Crippen LogP contribution in [-0.4, -0.2) is 19.6 Å². The van der Waals surface area contributed by atoms with Crippen molar-refractivity contribution >= 4 is 11.0 Å². The van der Waals surface area contributed by atoms with Crippen molar-refractivity contribution < 1.29 is 26.2 Å². The van der Waals surface area contributed by atoms with E-state index in [9.17, 15) is 5.11 Å². The van der Waals surface area contributed by atoms with Crippen LogP contribution in [0.4, 0.5) is 0 Å². The van der Waals surface area contributed by atoms with Gasteiger partial charge in [0.1, 0.15) is 11.6 Å². The first kappa shape index (κ1) is 49.1. The van der Waals surface area contributed by atoms with Crippen LogP contribution in [0.25, 0.3) is 83.9 Å². The molecule has 5 heteroatoms. The zero-order valence-electron chi connectivity index (χ0n) is 42.2. The number of aromatic hydroxyl groups is 1. The number of nitrogens with zero attached hydrogens (tertiary/aromatic N) is 3. The zero-order chi connectivity index (χ0) is 48.3. The van der Waals surface area contributed by atoms with E-state index in [2.05, 4.69) is 245 Å². The maximum absolute atomic E-state index is 12.6. The second kappa shape index (κ2) is 18.5. The van der Waals surface area contributed by atoms with Crippen molar-refractivity contribution in [2.75, 3.05) is 0 Å². The Bertz CT molecular complexity index is 3300. The van der Waals surface area contributed by atoms with Gasteiger partial charge in [0.15, 0.2) is 0 Å². The van der Waals surface area contributed by atoms with Crippen molar-refractivity contribution in [2.45, 2.75) is 105 Å². The minimum Gasteiger partial charge on any atom is -0.507 e. The van der Waals surface area contributed by atoms with Gasteiger partial charge in [-0.25, -0.2) is 4.98 Å². The van der Waals surface area contributed by atoms with Crippen molar-refractivity contribution in [3.8, 4) is 78.6 Å². The predicted octanol–water partition coefficient (Wildman–Crippen LogP) is 17.1. The van der Waals surface area contributed by atoms with Gasteiger partial charge in [0.2, 0.25) is 0 Å². The van der Waals surface area contributed by atoms with Gasteiger partial charge < -0.3 is 5.11 Å². The second-order valence-corrected chi connectivity index (χ2v) is 22.5. The third kappa shape index (κ3) is 9.93. The van der Waals surface area contributed by atoms with Gasteiger partial charge in [-0.1, -0.05) is 209 Å². The van der Waals surface area contributed by atoms with Crippen LogP contribution in [0.1, 0.15) is 105 Å². The molecule has 0 atom stereocenters. The van der Waals surface area contributed by atoms with Gasteiger partial charge in [-0.15, -0.1) is 29.3 Å². The van der Waals surface area contributed by atoms with E-state index >= 15 is 0 Å². The molecule has 0 amide bonds. The minimum absolute atomic E-state index is 0. The third-order valence-corrected chi connectivity index (χ3v) is 13.3. The average molecular weight is 1090 g/mol. The molecule has 352 valence electrons. The molecule has 0 unspecified atom stereocenters. The van der Waals surface area contributed by atoms with Gasteiger partial charge in [-0.3, -0.25) is 9.55 Å². The standard InChI is InChI=1S/C64H64N3O.Pt/c1-61(2,3)48-30-31-56(52(38-48)44-22-17-14-18-23-44)67-57-25-19-24-51(58(57)66-60(67)53-39-50(63(7,8)9)40-54(59(53)68)64(10,11)12)46-34-47(36-49(35-46)62(4,5)6)55-37-45(32-33-65-55)43-28-26-42(27-29-43)41-20-15-13-16-21-41;/h13-33,35-40,68H,1-12H3;/q-1;. The number of imidazole rings is 1. The summed E-state index contributed by atoms with van der Waals surface area (Å²) < 4.78 is 2.28. The number of aromatic nitrogens is 3. The summed E-state index contributed by atoms with van der Waals surface area (Å²) in [7, 11) is 0. The molecule has 0 saturated carbocycles. The summed E-state index contributed by atoms with van der Waals surface area (Å²) in [6, 6.07) is 60.1. The molecule has 2 heterocycles. The van der Waals surface area contributed by atoms with Crippen LogP contribution in [0.15, 0.2) is 164 Å². The van der Waals surface area contributed by atoms with Crippen molar-refractivity contribution in [3.63, 3.8) is 0 Å². The van der Waals surface area contributed by atoms with E-state index in [1.54, 1.807) is 0 Å². The first-order valence-electron chi connectivity index (χ1n) is 24.0. The molecule has 0 aliphatic carbocycles. The van der Waals surface area contributed by atoms with Crippen molar-refractivity contribution in [1.82, 2.24) is 14.5 Å². The molecule has 1 N–H and O–H groups in total. The topological polar surface area (TPSA) is 50.9 Å². The molecule has 9 aromatic rings. The molecule has 4 nitrogen and oxygen atoms in total. The van der Waals surface area contributed by atoms with E-state index in [4.69, 9.17) is 9.97 Å². The van der Waals surface area contributed by atoms with Gasteiger partial charge in [0.05, 0.1) is 22.3 Å². The quantitative estimate of drug-likeness (QED) is 0.162. The number of phenols is 1. The first-order chi connectivity index (χ1) is 32.1. The molecule has 9 rings (SSSR count). The molecule has 0 aliphatic rings. The molecule has 0 saturated heterocycles. The van der Waals surface area contributed by atoms with Crippen LogP contribution >= 0.6 is 0 Å². The van der Waals surface area contributed by atoms with E-state index < -0.39 is 0 Å². The van der Waals surface area contributed by atoms with E-state index in [0.29, 0.717) is 11.4 Å². The largest absolute Gasteiger partial charge is 0.507 e. The van der Waals surface area contributed by atoms with Crippen molar-refractivity contribution in [1.29, 1.82) is 0 Å². The summed E-state index contributed by atoms with van der Waals surface area (Å²) in [5, 5.41) is 12.6. The Morgan fingerprint density at radius 1 is 0.449 bits per heavy atom. The molecule has 0 radical (unpaired) electrons. The zero-order valence-corrected chi connectivity index (χ0v) is 44.5. The van der Waals surface area contributed by atoms with Crippen LogP contribution in [-0.2, 0) is 42.7 Å². The predicted molar refractivity (Wildman–Crippen MR) is 287 cm³/mol. The fourth-order valence-electron chi connectivity index (χ4n) is 9.13. The van der Waals surface area contributed by atoms with E-state index in [1.807, 2.05) is 12.3 Å². The molecular formula is C64H64N3OPt-. The maximum atomic E-state index is 12.6. The summed E-state index contributed by atoms with van der Waals surface area (Å²) in [4.78, 5) is 10.7. The number of hydrogen-bond donors (Lipinski definition) is 1. The van der Waals surface area contributed by atoms with E-state index in [1.165, 1.54) is 22.3 Å². The van der Waals surface area contributed by atoms with Crippen LogP contribution in [0.2, 0.25) is 0 Å². The molecule has 7 aromatic carbocycles. The minimum atomic E-state index is -0.332. The normalized spacial score (nSPS) is 12.3. The molecule has 0 fully saturated rings. The summed E-state index contributed by atoms with van der Waals surface area (Å²) in [6.07, 6.45) is 1.90. The Hall–Kier alpha value is -6.35. The molecular weight excluding hydrogens is 1020 g/mol. The Morgan fingerprint density at radius 2 is 1.00 bits per heavy atom. The van der Waals surface area contributed by atoms with Gasteiger partial charge in [-0.05, 0) is 90.9 Å². The number of para-hydroxylation sites is 1. The molecule has 69 heavy (non-hydrogen) atoms. The molecule has 0 aliphatic heterocycles. The molecule has 0 bridgehead atoms. The third-order valence-electron chi connectivity index (χ3n) is 13.3. The van der Waals surface area contributed by atoms with Crippen LogP contribution in [0.3, 0.4) is 0 Å². The van der Waals surface area contributed by atoms with Gasteiger partial charge >= 0.3 is 0 Å². The number of hydrogen-bond acceptors (Lipinski definition) is 3. The Morgan fingerprint density at radius 3 is 1.61 bits per heavy atom. The van der Waals surface area contributed by atoms with Crippen LogP contribution in [0, 0.1) is 6.07 Å². The number of rotatable bonds is 7. The number of benzene rings is 7. The van der Waals surface area contributed by atoms with Crippen molar-refractivity contribution in [3.05, 3.63) is 192 Å². The monoisotopic (exact) mass is 1090 g/mol. The SMILES string of the molecule is CC(C)(C)c1cc(-c2cc(-c3ccc(-c4ccccc4)cc3)ccn2)[c-]c(-c2cccc3c2nc(-c2cc(C(C)(C)C)cc(C(C)(C)C)c2O)n3-c2ccc(C(C)(C)C)cc2-c2ccccc2)c1.[Pt]. The van der Waals surface area contributed by atoms with Crippen molar-refractivity contribution in [2.24, 2.45) is 0 Å². The number of pyridine rings is 1. The van der Waals surface area contributed by atoms with Crippen LogP contribution < -0.4 is 0 Å². The van der Waals surface area contributed by atoms with E-state index in [-0.39, 0.29) is 48.5 Å². The first-order valence-corrected chi connectivity index (χ1v) is 24.0. The summed E-state index contributed by atoms with van der Waals surface area (Å²) >= 11 is 0. The summed E-state index contributed by atoms with van der Waals surface area (Å²) in [5.41, 5.74) is 17.6. The number of fused-ring (bicyclic) bond motifs is 1. The smallest absolute Gasteiger partial charge is 0.148 e. The Kier molecular flexibility index (Phi) is 13.2. The Balaban J connectivity index is 0.00000642. The van der Waals surface area contributed by atoms with Gasteiger partial charge in [0.25, 0.3) is 0 Å². The average Bonchev–Trinajstić information content (AvgIpc) is 3.70. The summed E-state index contributed by atoms with van der Waals surface area (Å²) in [6.45, 7) is 26.7. The molecule has 0 spiro atoms. The van der Waals surface area contributed by atoms with E-state index in [0.717, 1.165) is 72.5 Å². The van der Waals surface area contributed by atoms with Gasteiger partial charge in [-0.2, -0.15) is 0 Å². The fourth-order valence-corrected chi connectivity index (χ4v) is 9.13. The fraction of sp³-hybridized carbons (Fsp3) is 0.250. The Labute approximate surface area is 424 Å². The number of phenolic OH excluding ortho intramolecular Hbond substituents is 1. The maximum Gasteiger partial charge on any atom is 0.148 e. The second-order valence-electron chi connectivity index (χ2n) is 22.5. The summed E-state index contributed by atoms with van der Waals surface area (Å²) in [5.74, 6) is 0.933. The van der Waals surface area contributed by atoms with Crippen LogP contribution in [0.5, 0.6) is 5.75 Å².